The van der Waals surface area contributed by atoms with Crippen molar-refractivity contribution in [1.82, 2.24) is 0 Å². The molecule has 5 rings (SSSR count). The summed E-state index contributed by atoms with van der Waals surface area (Å²) in [6.45, 7) is 17.5. The maximum absolute atomic E-state index is 6.51. The molecule has 1 unspecified atom stereocenters. The fourth-order valence-electron chi connectivity index (χ4n) is 5.69. The van der Waals surface area contributed by atoms with Crippen LogP contribution in [0.1, 0.15) is 68.4 Å². The third-order valence-corrected chi connectivity index (χ3v) is 8.75. The van der Waals surface area contributed by atoms with Crippen LogP contribution in [0, 0.1) is 20.8 Å². The molecule has 0 bridgehead atoms. The van der Waals surface area contributed by atoms with Crippen LogP contribution in [0.5, 0.6) is 0 Å². The fraction of sp³-hybridized carbons (Fsp3) is 0.375. The minimum absolute atomic E-state index is 0.253. The van der Waals surface area contributed by atoms with Crippen LogP contribution in [-0.4, -0.2) is 18.3 Å². The summed E-state index contributed by atoms with van der Waals surface area (Å²) in [5.41, 5.74) is 12.1. The first-order valence-corrected chi connectivity index (χ1v) is 13.1. The first-order valence-electron chi connectivity index (χ1n) is 13.1. The zero-order valence-electron chi connectivity index (χ0n) is 23.0. The fourth-order valence-corrected chi connectivity index (χ4v) is 5.69. The minimum Gasteiger partial charge on any atom is -0.399 e. The minimum atomic E-state index is -0.357. The molecule has 3 nitrogen and oxygen atoms in total. The molecular formula is C32H38BNO2. The second kappa shape index (κ2) is 8.94. The summed E-state index contributed by atoms with van der Waals surface area (Å²) in [7, 11) is -0.348. The Hall–Kier alpha value is -2.82. The third kappa shape index (κ3) is 4.11. The van der Waals surface area contributed by atoms with E-state index in [9.17, 15) is 0 Å². The average molecular weight is 479 g/mol. The van der Waals surface area contributed by atoms with Crippen LogP contribution in [0.15, 0.2) is 66.4 Å². The maximum atomic E-state index is 6.51. The zero-order chi connectivity index (χ0) is 25.8. The number of hydrogen-bond donors (Lipinski definition) is 1. The van der Waals surface area contributed by atoms with Gasteiger partial charge in [0.1, 0.15) is 0 Å². The summed E-state index contributed by atoms with van der Waals surface area (Å²) >= 11 is 0. The van der Waals surface area contributed by atoms with Crippen LogP contribution in [0.25, 0.3) is 11.1 Å². The van der Waals surface area contributed by atoms with E-state index in [2.05, 4.69) is 121 Å². The van der Waals surface area contributed by atoms with Gasteiger partial charge in [0, 0.05) is 17.3 Å². The molecule has 1 saturated heterocycles. The molecule has 0 radical (unpaired) electrons. The van der Waals surface area contributed by atoms with Gasteiger partial charge in [-0.3, -0.25) is 0 Å². The Morgan fingerprint density at radius 1 is 0.778 bits per heavy atom. The standard InChI is InChI=1S/C32H38BNO2/c1-20-21(2)30(33-35-31(5,6)32(7,8)36-33)23(4)29-22(3)28(19-18-27(20)29)34-26-16-14-25(15-17-26)24-12-10-9-11-13-24/h9-17,19,22,34H,18H2,1-8H3. The van der Waals surface area contributed by atoms with E-state index in [1.54, 1.807) is 0 Å². The highest BCUT2D eigenvalue weighted by Gasteiger charge is 2.52. The third-order valence-electron chi connectivity index (χ3n) is 8.75. The van der Waals surface area contributed by atoms with Crippen molar-refractivity contribution in [1.29, 1.82) is 0 Å². The number of nitrogens with one attached hydrogen (secondary N) is 1. The summed E-state index contributed by atoms with van der Waals surface area (Å²) in [5.74, 6) is 0.253. The lowest BCUT2D eigenvalue weighted by atomic mass is 9.67. The van der Waals surface area contributed by atoms with Crippen LogP contribution in [0.3, 0.4) is 0 Å². The van der Waals surface area contributed by atoms with E-state index in [-0.39, 0.29) is 24.2 Å². The van der Waals surface area contributed by atoms with Gasteiger partial charge in [-0.25, -0.2) is 0 Å². The van der Waals surface area contributed by atoms with Crippen molar-refractivity contribution in [2.45, 2.75) is 78.9 Å². The summed E-state index contributed by atoms with van der Waals surface area (Å²) in [6.07, 6.45) is 3.29. The van der Waals surface area contributed by atoms with Gasteiger partial charge in [0.05, 0.1) is 11.2 Å². The highest BCUT2D eigenvalue weighted by molar-refractivity contribution is 6.63. The van der Waals surface area contributed by atoms with Gasteiger partial charge in [-0.05, 0) is 111 Å². The molecule has 4 heteroatoms. The predicted octanol–water partition coefficient (Wildman–Crippen LogP) is 7.23. The molecule has 1 aliphatic heterocycles. The monoisotopic (exact) mass is 479 g/mol. The van der Waals surface area contributed by atoms with Crippen LogP contribution >= 0.6 is 0 Å². The van der Waals surface area contributed by atoms with Crippen molar-refractivity contribution in [2.75, 3.05) is 5.32 Å². The van der Waals surface area contributed by atoms with E-state index >= 15 is 0 Å². The molecule has 0 saturated carbocycles. The van der Waals surface area contributed by atoms with Crippen LogP contribution in [0.2, 0.25) is 0 Å². The quantitative estimate of drug-likeness (QED) is 0.401. The molecule has 1 N–H and O–H groups in total. The normalized spacial score (nSPS) is 20.2. The maximum Gasteiger partial charge on any atom is 0.495 e. The Bertz CT molecular complexity index is 1310. The lowest BCUT2D eigenvalue weighted by Gasteiger charge is -2.32. The van der Waals surface area contributed by atoms with Gasteiger partial charge in [0.25, 0.3) is 0 Å². The van der Waals surface area contributed by atoms with Gasteiger partial charge in [-0.1, -0.05) is 55.5 Å². The van der Waals surface area contributed by atoms with Gasteiger partial charge < -0.3 is 14.6 Å². The molecule has 2 aliphatic rings. The number of rotatable bonds is 4. The second-order valence-electron chi connectivity index (χ2n) is 11.4. The topological polar surface area (TPSA) is 30.5 Å². The summed E-state index contributed by atoms with van der Waals surface area (Å²) < 4.78 is 13.0. The van der Waals surface area contributed by atoms with E-state index < -0.39 is 0 Å². The number of anilines is 1. The largest absolute Gasteiger partial charge is 0.495 e. The smallest absolute Gasteiger partial charge is 0.399 e. The summed E-state index contributed by atoms with van der Waals surface area (Å²) in [5, 5.41) is 3.73. The van der Waals surface area contributed by atoms with Gasteiger partial charge in [0.15, 0.2) is 0 Å². The zero-order valence-corrected chi connectivity index (χ0v) is 23.0. The molecule has 0 amide bonds. The predicted molar refractivity (Wildman–Crippen MR) is 152 cm³/mol. The second-order valence-corrected chi connectivity index (χ2v) is 11.4. The first-order chi connectivity index (χ1) is 17.0. The Kier molecular flexibility index (Phi) is 6.17. The number of allylic oxidation sites excluding steroid dienone is 2. The number of benzene rings is 3. The van der Waals surface area contributed by atoms with Gasteiger partial charge in [-0.2, -0.15) is 0 Å². The molecule has 0 aromatic heterocycles. The molecule has 1 atom stereocenters. The van der Waals surface area contributed by atoms with E-state index in [0.717, 1.165) is 12.1 Å². The van der Waals surface area contributed by atoms with Gasteiger partial charge >= 0.3 is 7.12 Å². The molecule has 0 spiro atoms. The Labute approximate surface area is 217 Å². The Morgan fingerprint density at radius 2 is 1.36 bits per heavy atom. The highest BCUT2D eigenvalue weighted by Crippen LogP contribution is 2.41. The van der Waals surface area contributed by atoms with E-state index in [1.165, 1.54) is 50.1 Å². The molecule has 3 aromatic carbocycles. The van der Waals surface area contributed by atoms with Crippen molar-refractivity contribution >= 4 is 18.3 Å². The van der Waals surface area contributed by atoms with Gasteiger partial charge in [-0.15, -0.1) is 0 Å². The number of fused-ring (bicyclic) bond motifs is 1. The van der Waals surface area contributed by atoms with Crippen molar-refractivity contribution in [3.05, 3.63) is 94.2 Å². The van der Waals surface area contributed by atoms with Crippen molar-refractivity contribution in [3.8, 4) is 11.1 Å². The SMILES string of the molecule is Cc1c(C)c(B2OC(C)(C)C(C)(C)O2)c(C)c2c1CC=C(Nc1ccc(-c3ccccc3)cc1)C2C. The number of hydrogen-bond acceptors (Lipinski definition) is 3. The van der Waals surface area contributed by atoms with Crippen molar-refractivity contribution < 1.29 is 9.31 Å². The molecule has 36 heavy (non-hydrogen) atoms. The molecular weight excluding hydrogens is 441 g/mol. The van der Waals surface area contributed by atoms with Crippen LogP contribution < -0.4 is 10.8 Å². The Balaban J connectivity index is 1.45. The lowest BCUT2D eigenvalue weighted by molar-refractivity contribution is 0.00578. The molecule has 186 valence electrons. The van der Waals surface area contributed by atoms with E-state index in [4.69, 9.17) is 9.31 Å². The molecule has 1 heterocycles. The first kappa shape index (κ1) is 24.9. The summed E-state index contributed by atoms with van der Waals surface area (Å²) in [6, 6.07) is 19.2. The highest BCUT2D eigenvalue weighted by atomic mass is 16.7. The van der Waals surface area contributed by atoms with Crippen molar-refractivity contribution in [3.63, 3.8) is 0 Å². The van der Waals surface area contributed by atoms with Crippen molar-refractivity contribution in [2.24, 2.45) is 0 Å². The van der Waals surface area contributed by atoms with E-state index in [1.807, 2.05) is 0 Å². The molecule has 1 aliphatic carbocycles. The lowest BCUT2D eigenvalue weighted by Crippen LogP contribution is -2.41. The van der Waals surface area contributed by atoms with Gasteiger partial charge in [0.2, 0.25) is 0 Å². The molecule has 3 aromatic rings. The van der Waals surface area contributed by atoms with Crippen LogP contribution in [-0.2, 0) is 15.7 Å². The van der Waals surface area contributed by atoms with Crippen LogP contribution in [0.4, 0.5) is 5.69 Å². The average Bonchev–Trinajstić information content (AvgIpc) is 3.06. The van der Waals surface area contributed by atoms with E-state index in [0.29, 0.717) is 0 Å². The summed E-state index contributed by atoms with van der Waals surface area (Å²) in [4.78, 5) is 0. The Morgan fingerprint density at radius 3 is 1.97 bits per heavy atom. The molecule has 1 fully saturated rings.